The largest absolute Gasteiger partial charge is 0.388 e. The molecule has 3 rings (SSSR count). The fourth-order valence-corrected chi connectivity index (χ4v) is 2.82. The normalized spacial score (nSPS) is 12.5. The molecule has 0 fully saturated rings. The molecule has 1 nitrogen and oxygen atoms in total. The van der Waals surface area contributed by atoms with Crippen LogP contribution in [0.15, 0.2) is 60.7 Å². The van der Waals surface area contributed by atoms with Gasteiger partial charge in [-0.25, -0.2) is 4.39 Å². The van der Waals surface area contributed by atoms with Crippen LogP contribution in [0.1, 0.15) is 22.8 Å². The molecule has 0 saturated carbocycles. The summed E-state index contributed by atoms with van der Waals surface area (Å²) in [7, 11) is 0. The summed E-state index contributed by atoms with van der Waals surface area (Å²) in [4.78, 5) is 0. The van der Waals surface area contributed by atoms with Crippen molar-refractivity contribution in [2.75, 3.05) is 0 Å². The Bertz CT molecular complexity index is 779. The van der Waals surface area contributed by atoms with E-state index in [4.69, 9.17) is 0 Å². The molecule has 0 spiro atoms. The van der Waals surface area contributed by atoms with Crippen LogP contribution in [0, 0.1) is 12.7 Å². The second-order valence-corrected chi connectivity index (χ2v) is 5.33. The van der Waals surface area contributed by atoms with Gasteiger partial charge in [0.25, 0.3) is 0 Å². The van der Waals surface area contributed by atoms with E-state index in [9.17, 15) is 9.50 Å². The number of aliphatic hydroxyl groups excluding tert-OH is 1. The SMILES string of the molecule is Cc1ccc2ccccc2c1C(O)Cc1ccccc1F. The standard InChI is InChI=1S/C19H17FO/c1-13-10-11-14-6-2-4-8-16(14)19(13)18(21)12-15-7-3-5-9-17(15)20/h2-11,18,21H,12H2,1H3. The van der Waals surface area contributed by atoms with Crippen molar-refractivity contribution in [1.29, 1.82) is 0 Å². The summed E-state index contributed by atoms with van der Waals surface area (Å²) in [6, 6.07) is 18.6. The highest BCUT2D eigenvalue weighted by atomic mass is 19.1. The molecule has 1 unspecified atom stereocenters. The van der Waals surface area contributed by atoms with Gasteiger partial charge in [-0.05, 0) is 40.5 Å². The maximum atomic E-state index is 13.8. The van der Waals surface area contributed by atoms with Gasteiger partial charge in [0.15, 0.2) is 0 Å². The van der Waals surface area contributed by atoms with Crippen LogP contribution in [0.5, 0.6) is 0 Å². The van der Waals surface area contributed by atoms with E-state index in [1.165, 1.54) is 6.07 Å². The van der Waals surface area contributed by atoms with E-state index in [-0.39, 0.29) is 12.2 Å². The third kappa shape index (κ3) is 2.67. The number of hydrogen-bond acceptors (Lipinski definition) is 1. The van der Waals surface area contributed by atoms with Crippen molar-refractivity contribution >= 4 is 10.8 Å². The molecule has 0 bridgehead atoms. The van der Waals surface area contributed by atoms with Gasteiger partial charge in [0.2, 0.25) is 0 Å². The number of aryl methyl sites for hydroxylation is 1. The summed E-state index contributed by atoms with van der Waals surface area (Å²) in [5, 5.41) is 12.7. The highest BCUT2D eigenvalue weighted by Crippen LogP contribution is 2.30. The fourth-order valence-electron chi connectivity index (χ4n) is 2.82. The first-order valence-electron chi connectivity index (χ1n) is 7.06. The first-order chi connectivity index (χ1) is 10.2. The van der Waals surface area contributed by atoms with Gasteiger partial charge in [-0.1, -0.05) is 54.6 Å². The minimum atomic E-state index is -0.715. The molecule has 0 amide bonds. The van der Waals surface area contributed by atoms with Crippen LogP contribution in [0.4, 0.5) is 4.39 Å². The summed E-state index contributed by atoms with van der Waals surface area (Å²) in [5.41, 5.74) is 2.45. The predicted octanol–water partition coefficient (Wildman–Crippen LogP) is 4.56. The number of halogens is 1. The van der Waals surface area contributed by atoms with Crippen molar-refractivity contribution in [2.45, 2.75) is 19.4 Å². The molecule has 0 saturated heterocycles. The molecule has 3 aromatic carbocycles. The van der Waals surface area contributed by atoms with Gasteiger partial charge in [-0.3, -0.25) is 0 Å². The Labute approximate surface area is 123 Å². The predicted molar refractivity (Wildman–Crippen MR) is 83.7 cm³/mol. The van der Waals surface area contributed by atoms with Crippen molar-refractivity contribution < 1.29 is 9.50 Å². The lowest BCUT2D eigenvalue weighted by molar-refractivity contribution is 0.178. The maximum Gasteiger partial charge on any atom is 0.126 e. The summed E-state index contributed by atoms with van der Waals surface area (Å²) in [6.07, 6.45) is -0.436. The molecule has 2 heteroatoms. The molecule has 0 radical (unpaired) electrons. The molecule has 0 aliphatic carbocycles. The topological polar surface area (TPSA) is 20.2 Å². The Morgan fingerprint density at radius 3 is 2.48 bits per heavy atom. The van der Waals surface area contributed by atoms with E-state index in [0.29, 0.717) is 5.56 Å². The molecular formula is C19H17FO. The van der Waals surface area contributed by atoms with Crippen LogP contribution >= 0.6 is 0 Å². The lowest BCUT2D eigenvalue weighted by atomic mass is 9.92. The highest BCUT2D eigenvalue weighted by molar-refractivity contribution is 5.87. The zero-order chi connectivity index (χ0) is 14.8. The first-order valence-corrected chi connectivity index (χ1v) is 7.06. The van der Waals surface area contributed by atoms with Gasteiger partial charge < -0.3 is 5.11 Å². The van der Waals surface area contributed by atoms with Gasteiger partial charge in [0, 0.05) is 6.42 Å². The van der Waals surface area contributed by atoms with Gasteiger partial charge in [-0.2, -0.15) is 0 Å². The molecule has 1 atom stereocenters. The van der Waals surface area contributed by atoms with Crippen LogP contribution in [-0.2, 0) is 6.42 Å². The summed E-state index contributed by atoms with van der Waals surface area (Å²) >= 11 is 0. The van der Waals surface area contributed by atoms with Crippen molar-refractivity contribution in [1.82, 2.24) is 0 Å². The monoisotopic (exact) mass is 280 g/mol. The zero-order valence-electron chi connectivity index (χ0n) is 11.9. The van der Waals surface area contributed by atoms with E-state index >= 15 is 0 Å². The van der Waals surface area contributed by atoms with Crippen LogP contribution in [-0.4, -0.2) is 5.11 Å². The molecule has 0 aliphatic rings. The molecule has 1 N–H and O–H groups in total. The Morgan fingerprint density at radius 1 is 0.952 bits per heavy atom. The Morgan fingerprint density at radius 2 is 1.67 bits per heavy atom. The number of rotatable bonds is 3. The van der Waals surface area contributed by atoms with E-state index in [0.717, 1.165) is 21.9 Å². The molecular weight excluding hydrogens is 263 g/mol. The Balaban J connectivity index is 2.04. The lowest BCUT2D eigenvalue weighted by Gasteiger charge is -2.17. The van der Waals surface area contributed by atoms with Crippen LogP contribution < -0.4 is 0 Å². The van der Waals surface area contributed by atoms with Gasteiger partial charge >= 0.3 is 0 Å². The van der Waals surface area contributed by atoms with Gasteiger partial charge in [0.1, 0.15) is 5.82 Å². The van der Waals surface area contributed by atoms with Crippen molar-refractivity contribution in [3.05, 3.63) is 83.2 Å². The molecule has 3 aromatic rings. The van der Waals surface area contributed by atoms with E-state index in [1.54, 1.807) is 18.2 Å². The van der Waals surface area contributed by atoms with E-state index in [1.807, 2.05) is 43.3 Å². The van der Waals surface area contributed by atoms with Crippen molar-refractivity contribution in [3.63, 3.8) is 0 Å². The second-order valence-electron chi connectivity index (χ2n) is 5.33. The third-order valence-electron chi connectivity index (χ3n) is 3.89. The maximum absolute atomic E-state index is 13.8. The molecule has 0 heterocycles. The highest BCUT2D eigenvalue weighted by Gasteiger charge is 2.16. The molecule has 0 aliphatic heterocycles. The quantitative estimate of drug-likeness (QED) is 0.745. The van der Waals surface area contributed by atoms with Crippen LogP contribution in [0.3, 0.4) is 0 Å². The number of benzene rings is 3. The lowest BCUT2D eigenvalue weighted by Crippen LogP contribution is -2.06. The number of aliphatic hydroxyl groups is 1. The first kappa shape index (κ1) is 13.8. The average molecular weight is 280 g/mol. The summed E-state index contributed by atoms with van der Waals surface area (Å²) in [6.45, 7) is 1.98. The van der Waals surface area contributed by atoms with E-state index in [2.05, 4.69) is 0 Å². The number of hydrogen-bond donors (Lipinski definition) is 1. The fraction of sp³-hybridized carbons (Fsp3) is 0.158. The van der Waals surface area contributed by atoms with Gasteiger partial charge in [0.05, 0.1) is 6.10 Å². The summed E-state index contributed by atoms with van der Waals surface area (Å²) in [5.74, 6) is -0.269. The Kier molecular flexibility index (Phi) is 3.72. The summed E-state index contributed by atoms with van der Waals surface area (Å²) < 4.78 is 13.8. The van der Waals surface area contributed by atoms with Crippen molar-refractivity contribution in [3.8, 4) is 0 Å². The molecule has 106 valence electrons. The van der Waals surface area contributed by atoms with Crippen molar-refractivity contribution in [2.24, 2.45) is 0 Å². The molecule has 21 heavy (non-hydrogen) atoms. The van der Waals surface area contributed by atoms with Gasteiger partial charge in [-0.15, -0.1) is 0 Å². The number of fused-ring (bicyclic) bond motifs is 1. The zero-order valence-corrected chi connectivity index (χ0v) is 11.9. The molecule has 0 aromatic heterocycles. The van der Waals surface area contributed by atoms with E-state index < -0.39 is 6.10 Å². The van der Waals surface area contributed by atoms with Crippen LogP contribution in [0.2, 0.25) is 0 Å². The Hall–Kier alpha value is -2.19. The third-order valence-corrected chi connectivity index (χ3v) is 3.89. The minimum Gasteiger partial charge on any atom is -0.388 e. The second kappa shape index (κ2) is 5.66. The minimum absolute atomic E-state index is 0.269. The smallest absolute Gasteiger partial charge is 0.126 e. The average Bonchev–Trinajstić information content (AvgIpc) is 2.49. The van der Waals surface area contributed by atoms with Crippen LogP contribution in [0.25, 0.3) is 10.8 Å².